The molecular weight excluding hydrogens is 356 g/mol. The number of nitrogens with one attached hydrogen (secondary N) is 3. The quantitative estimate of drug-likeness (QED) is 0.351. The summed E-state index contributed by atoms with van der Waals surface area (Å²) in [5.41, 5.74) is 1.69. The monoisotopic (exact) mass is 384 g/mol. The first kappa shape index (κ1) is 21.1. The maximum Gasteiger partial charge on any atom is 0.251 e. The van der Waals surface area contributed by atoms with E-state index in [1.54, 1.807) is 38.5 Å². The number of amides is 1. The van der Waals surface area contributed by atoms with Gasteiger partial charge in [0.05, 0.1) is 20.8 Å². The summed E-state index contributed by atoms with van der Waals surface area (Å²) in [5.74, 6) is 2.13. The molecule has 0 saturated heterocycles. The summed E-state index contributed by atoms with van der Waals surface area (Å²) >= 11 is 0. The standard InChI is InChI=1S/C21H28N4O3/c1-4-22-21(25-15-16-5-9-18(27-2)10-6-16)24-14-13-23-20(26)17-7-11-19(28-3)12-8-17/h5-12H,4,13-15H2,1-3H3,(H,23,26)(H2,22,24,25). The van der Waals surface area contributed by atoms with Gasteiger partial charge >= 0.3 is 0 Å². The van der Waals surface area contributed by atoms with Gasteiger partial charge < -0.3 is 25.4 Å². The van der Waals surface area contributed by atoms with Gasteiger partial charge in [0.25, 0.3) is 5.91 Å². The molecule has 3 N–H and O–H groups in total. The van der Waals surface area contributed by atoms with E-state index >= 15 is 0 Å². The summed E-state index contributed by atoms with van der Waals surface area (Å²) in [7, 11) is 3.24. The van der Waals surface area contributed by atoms with Crippen LogP contribution in [0.2, 0.25) is 0 Å². The van der Waals surface area contributed by atoms with Crippen molar-refractivity contribution in [1.29, 1.82) is 0 Å². The van der Waals surface area contributed by atoms with Gasteiger partial charge in [-0.15, -0.1) is 0 Å². The van der Waals surface area contributed by atoms with Crippen LogP contribution in [0.5, 0.6) is 11.5 Å². The van der Waals surface area contributed by atoms with E-state index in [9.17, 15) is 4.79 Å². The second-order valence-corrected chi connectivity index (χ2v) is 5.95. The number of methoxy groups -OCH3 is 2. The number of carbonyl (C=O) groups is 1. The second kappa shape index (κ2) is 11.5. The van der Waals surface area contributed by atoms with Gasteiger partial charge in [-0.2, -0.15) is 0 Å². The Bertz CT molecular complexity index is 758. The lowest BCUT2D eigenvalue weighted by atomic mass is 10.2. The van der Waals surface area contributed by atoms with Gasteiger partial charge in [-0.25, -0.2) is 4.99 Å². The molecule has 7 heteroatoms. The van der Waals surface area contributed by atoms with Crippen molar-refractivity contribution < 1.29 is 14.3 Å². The number of rotatable bonds is 9. The number of hydrogen-bond donors (Lipinski definition) is 3. The van der Waals surface area contributed by atoms with Crippen LogP contribution in [0.4, 0.5) is 0 Å². The molecule has 0 bridgehead atoms. The van der Waals surface area contributed by atoms with Gasteiger partial charge in [0.1, 0.15) is 11.5 Å². The van der Waals surface area contributed by atoms with Gasteiger partial charge in [0.15, 0.2) is 5.96 Å². The van der Waals surface area contributed by atoms with Crippen LogP contribution in [0.25, 0.3) is 0 Å². The van der Waals surface area contributed by atoms with Crippen molar-refractivity contribution in [3.63, 3.8) is 0 Å². The molecule has 0 unspecified atom stereocenters. The number of nitrogens with zero attached hydrogens (tertiary/aromatic N) is 1. The molecule has 0 atom stereocenters. The highest BCUT2D eigenvalue weighted by molar-refractivity contribution is 5.94. The van der Waals surface area contributed by atoms with E-state index in [1.165, 1.54) is 0 Å². The Labute approximate surface area is 166 Å². The minimum absolute atomic E-state index is 0.121. The molecular formula is C21H28N4O3. The molecule has 0 heterocycles. The fourth-order valence-corrected chi connectivity index (χ4v) is 2.44. The van der Waals surface area contributed by atoms with E-state index in [2.05, 4.69) is 20.9 Å². The molecule has 0 spiro atoms. The largest absolute Gasteiger partial charge is 0.497 e. The van der Waals surface area contributed by atoms with E-state index < -0.39 is 0 Å². The first-order valence-corrected chi connectivity index (χ1v) is 9.23. The van der Waals surface area contributed by atoms with E-state index in [1.807, 2.05) is 31.2 Å². The molecule has 0 fully saturated rings. The minimum Gasteiger partial charge on any atom is -0.497 e. The number of carbonyl (C=O) groups excluding carboxylic acids is 1. The molecule has 2 aromatic carbocycles. The minimum atomic E-state index is -0.121. The first-order valence-electron chi connectivity index (χ1n) is 9.23. The summed E-state index contributed by atoms with van der Waals surface area (Å²) in [4.78, 5) is 16.7. The molecule has 1 amide bonds. The molecule has 7 nitrogen and oxygen atoms in total. The summed E-state index contributed by atoms with van der Waals surface area (Å²) in [5, 5.41) is 9.29. The molecule has 0 saturated carbocycles. The predicted molar refractivity (Wildman–Crippen MR) is 111 cm³/mol. The Morgan fingerprint density at radius 3 is 2.00 bits per heavy atom. The molecule has 0 aromatic heterocycles. The zero-order chi connectivity index (χ0) is 20.2. The molecule has 0 aliphatic heterocycles. The first-order chi connectivity index (χ1) is 13.7. The highest BCUT2D eigenvalue weighted by Crippen LogP contribution is 2.12. The fraction of sp³-hybridized carbons (Fsp3) is 0.333. The van der Waals surface area contributed by atoms with Crippen LogP contribution < -0.4 is 25.4 Å². The number of ether oxygens (including phenoxy) is 2. The van der Waals surface area contributed by atoms with Gasteiger partial charge in [0, 0.05) is 25.2 Å². The number of guanidine groups is 1. The van der Waals surface area contributed by atoms with Crippen LogP contribution in [-0.2, 0) is 6.54 Å². The Kier molecular flexibility index (Phi) is 8.65. The number of aliphatic imine (C=N–C) groups is 1. The third kappa shape index (κ3) is 6.83. The molecule has 2 aromatic rings. The molecule has 0 aliphatic carbocycles. The predicted octanol–water partition coefficient (Wildman–Crippen LogP) is 2.19. The van der Waals surface area contributed by atoms with Crippen molar-refractivity contribution in [3.05, 3.63) is 59.7 Å². The van der Waals surface area contributed by atoms with Crippen LogP contribution >= 0.6 is 0 Å². The highest BCUT2D eigenvalue weighted by atomic mass is 16.5. The van der Waals surface area contributed by atoms with E-state index in [-0.39, 0.29) is 5.91 Å². The molecule has 0 radical (unpaired) electrons. The Hall–Kier alpha value is -3.22. The summed E-state index contributed by atoms with van der Waals surface area (Å²) in [6.45, 7) is 4.37. The topological polar surface area (TPSA) is 84.0 Å². The molecule has 28 heavy (non-hydrogen) atoms. The van der Waals surface area contributed by atoms with E-state index in [0.29, 0.717) is 31.2 Å². The Morgan fingerprint density at radius 1 is 0.857 bits per heavy atom. The summed E-state index contributed by atoms with van der Waals surface area (Å²) in [6, 6.07) is 14.8. The zero-order valence-corrected chi connectivity index (χ0v) is 16.6. The van der Waals surface area contributed by atoms with Crippen LogP contribution in [0.3, 0.4) is 0 Å². The number of hydrogen-bond acceptors (Lipinski definition) is 4. The van der Waals surface area contributed by atoms with Gasteiger partial charge in [0.2, 0.25) is 0 Å². The van der Waals surface area contributed by atoms with E-state index in [4.69, 9.17) is 9.47 Å². The normalized spacial score (nSPS) is 10.9. The Balaban J connectivity index is 1.78. The van der Waals surface area contributed by atoms with Crippen molar-refractivity contribution in [2.24, 2.45) is 4.99 Å². The number of benzene rings is 2. The zero-order valence-electron chi connectivity index (χ0n) is 16.6. The Morgan fingerprint density at radius 2 is 1.43 bits per heavy atom. The molecule has 150 valence electrons. The lowest BCUT2D eigenvalue weighted by Gasteiger charge is -2.12. The highest BCUT2D eigenvalue weighted by Gasteiger charge is 2.05. The molecule has 0 aliphatic rings. The third-order valence-electron chi connectivity index (χ3n) is 3.98. The smallest absolute Gasteiger partial charge is 0.251 e. The van der Waals surface area contributed by atoms with Crippen molar-refractivity contribution >= 4 is 11.9 Å². The summed E-state index contributed by atoms with van der Waals surface area (Å²) < 4.78 is 10.3. The lowest BCUT2D eigenvalue weighted by molar-refractivity contribution is 0.0954. The van der Waals surface area contributed by atoms with E-state index in [0.717, 1.165) is 23.6 Å². The van der Waals surface area contributed by atoms with Crippen molar-refractivity contribution in [2.45, 2.75) is 13.5 Å². The van der Waals surface area contributed by atoms with Gasteiger partial charge in [-0.3, -0.25) is 4.79 Å². The summed E-state index contributed by atoms with van der Waals surface area (Å²) in [6.07, 6.45) is 0. The van der Waals surface area contributed by atoms with Crippen molar-refractivity contribution in [3.8, 4) is 11.5 Å². The third-order valence-corrected chi connectivity index (χ3v) is 3.98. The van der Waals surface area contributed by atoms with Gasteiger partial charge in [-0.05, 0) is 48.9 Å². The average Bonchev–Trinajstić information content (AvgIpc) is 2.75. The average molecular weight is 384 g/mol. The maximum atomic E-state index is 12.1. The second-order valence-electron chi connectivity index (χ2n) is 5.95. The SMILES string of the molecule is CCNC(=NCc1ccc(OC)cc1)NCCNC(=O)c1ccc(OC)cc1. The van der Waals surface area contributed by atoms with Crippen molar-refractivity contribution in [1.82, 2.24) is 16.0 Å². The van der Waals surface area contributed by atoms with Crippen LogP contribution in [0.1, 0.15) is 22.8 Å². The maximum absolute atomic E-state index is 12.1. The van der Waals surface area contributed by atoms with Crippen LogP contribution in [0.15, 0.2) is 53.5 Å². The van der Waals surface area contributed by atoms with Crippen molar-refractivity contribution in [2.75, 3.05) is 33.9 Å². The van der Waals surface area contributed by atoms with Crippen LogP contribution in [0, 0.1) is 0 Å². The van der Waals surface area contributed by atoms with Crippen LogP contribution in [-0.4, -0.2) is 45.7 Å². The molecule has 2 rings (SSSR count). The lowest BCUT2D eigenvalue weighted by Crippen LogP contribution is -2.41. The fourth-order valence-electron chi connectivity index (χ4n) is 2.44. The van der Waals surface area contributed by atoms with Gasteiger partial charge in [-0.1, -0.05) is 12.1 Å².